The summed E-state index contributed by atoms with van der Waals surface area (Å²) in [5.41, 5.74) is 11.9. The van der Waals surface area contributed by atoms with Crippen LogP contribution in [0, 0.1) is 0 Å². The number of fused-ring (bicyclic) bond motifs is 1. The highest BCUT2D eigenvalue weighted by molar-refractivity contribution is 6.02. The average molecular weight is 416 g/mol. The number of hydrogen-bond acceptors (Lipinski definition) is 5. The van der Waals surface area contributed by atoms with E-state index >= 15 is 0 Å². The summed E-state index contributed by atoms with van der Waals surface area (Å²) in [6.45, 7) is 6.35. The van der Waals surface area contributed by atoms with Crippen LogP contribution in [0.3, 0.4) is 0 Å². The molecule has 0 radical (unpaired) electrons. The Hall–Kier alpha value is -2.33. The minimum Gasteiger partial charge on any atom is -0.446 e. The van der Waals surface area contributed by atoms with Gasteiger partial charge in [0.05, 0.1) is 23.5 Å². The molecule has 0 aliphatic carbocycles. The normalized spacial score (nSPS) is 19.0. The summed E-state index contributed by atoms with van der Waals surface area (Å²) in [5.74, 6) is -1.45. The number of anilines is 2. The van der Waals surface area contributed by atoms with E-state index in [2.05, 4.69) is 0 Å². The van der Waals surface area contributed by atoms with Gasteiger partial charge < -0.3 is 21.1 Å². The maximum absolute atomic E-state index is 13.2. The molecule has 0 bridgehead atoms. The molecule has 2 unspecified atom stereocenters. The fourth-order valence-electron chi connectivity index (χ4n) is 3.51. The van der Waals surface area contributed by atoms with Crippen molar-refractivity contribution in [2.24, 2.45) is 11.5 Å². The van der Waals surface area contributed by atoms with Crippen molar-refractivity contribution in [3.05, 3.63) is 23.8 Å². The summed E-state index contributed by atoms with van der Waals surface area (Å²) in [4.78, 5) is 27.6. The third-order valence-corrected chi connectivity index (χ3v) is 4.83. The molecule has 1 heterocycles. The van der Waals surface area contributed by atoms with Gasteiger partial charge in [-0.25, -0.2) is 4.79 Å². The van der Waals surface area contributed by atoms with Crippen LogP contribution < -0.4 is 21.3 Å². The molecule has 0 saturated carbocycles. The zero-order chi connectivity index (χ0) is 22.1. The van der Waals surface area contributed by atoms with Gasteiger partial charge in [-0.15, -0.1) is 0 Å². The molecular weight excluding hydrogens is 389 g/mol. The van der Waals surface area contributed by atoms with Crippen LogP contribution in [-0.2, 0) is 9.53 Å². The molecule has 29 heavy (non-hydrogen) atoms. The molecule has 0 spiro atoms. The molecule has 0 fully saturated rings. The lowest BCUT2D eigenvalue weighted by molar-refractivity contribution is -0.152. The molecule has 0 saturated heterocycles. The molecule has 3 atom stereocenters. The smallest absolute Gasteiger partial charge is 0.414 e. The molecule has 2 amide bonds. The van der Waals surface area contributed by atoms with Crippen molar-refractivity contribution >= 4 is 23.4 Å². The number of nitrogens with two attached hydrogens (primary N) is 2. The highest BCUT2D eigenvalue weighted by atomic mass is 19.4. The number of amides is 2. The number of alkyl halides is 3. The predicted octanol–water partition coefficient (Wildman–Crippen LogP) is 2.72. The summed E-state index contributed by atoms with van der Waals surface area (Å²) in [6, 6.07) is 1.91. The first kappa shape index (κ1) is 23.0. The number of rotatable bonds is 4. The fraction of sp³-hybridized carbons (Fsp3) is 0.579. The third-order valence-electron chi connectivity index (χ3n) is 4.83. The number of carbonyl (C=O) groups excluding carboxylic acids is 2. The van der Waals surface area contributed by atoms with Gasteiger partial charge in [-0.3, -0.25) is 9.69 Å². The lowest BCUT2D eigenvalue weighted by atomic mass is 9.90. The van der Waals surface area contributed by atoms with Crippen molar-refractivity contribution < 1.29 is 27.5 Å². The number of halogens is 3. The number of ether oxygens (including phenoxy) is 1. The first-order valence-electron chi connectivity index (χ1n) is 9.32. The van der Waals surface area contributed by atoms with Crippen LogP contribution in [-0.4, -0.2) is 49.5 Å². The van der Waals surface area contributed by atoms with E-state index in [0.717, 1.165) is 0 Å². The summed E-state index contributed by atoms with van der Waals surface area (Å²) in [7, 11) is 0. The van der Waals surface area contributed by atoms with E-state index in [1.165, 1.54) is 34.9 Å². The lowest BCUT2D eigenvalue weighted by Gasteiger charge is -2.41. The molecule has 4 N–H and O–H groups in total. The molecule has 1 aliphatic rings. The maximum atomic E-state index is 13.2. The number of nitrogens with zero attached hydrogens (tertiary/aromatic N) is 2. The van der Waals surface area contributed by atoms with E-state index in [1.54, 1.807) is 20.8 Å². The Balaban J connectivity index is 2.57. The van der Waals surface area contributed by atoms with E-state index in [-0.39, 0.29) is 42.4 Å². The number of carbonyl (C=O) groups is 2. The van der Waals surface area contributed by atoms with Crippen molar-refractivity contribution in [2.75, 3.05) is 22.9 Å². The van der Waals surface area contributed by atoms with Crippen LogP contribution in [0.5, 0.6) is 0 Å². The summed E-state index contributed by atoms with van der Waals surface area (Å²) >= 11 is 0. The number of hydrogen-bond donors (Lipinski definition) is 2. The predicted molar refractivity (Wildman–Crippen MR) is 104 cm³/mol. The molecular formula is C19H27F3N4O3. The van der Waals surface area contributed by atoms with E-state index in [0.29, 0.717) is 5.69 Å². The Morgan fingerprint density at radius 3 is 2.38 bits per heavy atom. The standard InChI is InChI=1S/C19H27F3N4O3/c1-10(2)29-18(28)25-9-11(3)26(12(4)27)15-6-5-13(7-16(15)25)14(8-23)17(24)19(20,21)22/h5-7,10-11,14,17H,8-9,23-24H2,1-4H3/t11-,14?,17?/m0/s1. The van der Waals surface area contributed by atoms with E-state index in [4.69, 9.17) is 16.2 Å². The highest BCUT2D eigenvalue weighted by Crippen LogP contribution is 2.40. The molecule has 2 rings (SSSR count). The molecule has 162 valence electrons. The highest BCUT2D eigenvalue weighted by Gasteiger charge is 2.43. The van der Waals surface area contributed by atoms with Crippen molar-refractivity contribution in [3.63, 3.8) is 0 Å². The molecule has 1 aromatic rings. The van der Waals surface area contributed by atoms with Crippen molar-refractivity contribution in [3.8, 4) is 0 Å². The van der Waals surface area contributed by atoms with Crippen LogP contribution in [0.25, 0.3) is 0 Å². The van der Waals surface area contributed by atoms with Gasteiger partial charge in [-0.05, 0) is 38.5 Å². The first-order chi connectivity index (χ1) is 13.4. The van der Waals surface area contributed by atoms with Gasteiger partial charge in [0.15, 0.2) is 0 Å². The molecule has 10 heteroatoms. The van der Waals surface area contributed by atoms with Gasteiger partial charge in [-0.2, -0.15) is 13.2 Å². The zero-order valence-electron chi connectivity index (χ0n) is 16.9. The van der Waals surface area contributed by atoms with E-state index < -0.39 is 24.2 Å². The minimum atomic E-state index is -4.63. The second-order valence-electron chi connectivity index (χ2n) is 7.44. The maximum Gasteiger partial charge on any atom is 0.414 e. The monoisotopic (exact) mass is 416 g/mol. The van der Waals surface area contributed by atoms with Gasteiger partial charge in [0, 0.05) is 25.9 Å². The van der Waals surface area contributed by atoms with E-state index in [9.17, 15) is 22.8 Å². The van der Waals surface area contributed by atoms with Gasteiger partial charge in [0.2, 0.25) is 5.91 Å². The first-order valence-corrected chi connectivity index (χ1v) is 9.32. The molecule has 7 nitrogen and oxygen atoms in total. The molecule has 0 aromatic heterocycles. The van der Waals surface area contributed by atoms with Crippen LogP contribution in [0.15, 0.2) is 18.2 Å². The Kier molecular flexibility index (Phi) is 6.79. The molecule has 1 aliphatic heterocycles. The Bertz CT molecular complexity index is 770. The zero-order valence-corrected chi connectivity index (χ0v) is 16.9. The Labute approximate surface area is 167 Å². The SMILES string of the molecule is CC(=O)N1c2ccc(C(CN)C(N)C(F)(F)F)cc2N(C(=O)OC(C)C)C[C@@H]1C. The van der Waals surface area contributed by atoms with Crippen LogP contribution in [0.4, 0.5) is 29.3 Å². The largest absolute Gasteiger partial charge is 0.446 e. The van der Waals surface area contributed by atoms with Crippen LogP contribution in [0.2, 0.25) is 0 Å². The van der Waals surface area contributed by atoms with Crippen molar-refractivity contribution in [1.82, 2.24) is 0 Å². The minimum absolute atomic E-state index is 0.139. The molecule has 1 aromatic carbocycles. The van der Waals surface area contributed by atoms with Crippen molar-refractivity contribution in [2.45, 2.75) is 58.0 Å². The Morgan fingerprint density at radius 1 is 1.28 bits per heavy atom. The summed E-state index contributed by atoms with van der Waals surface area (Å²) < 4.78 is 44.8. The quantitative estimate of drug-likeness (QED) is 0.786. The topological polar surface area (TPSA) is 102 Å². The second kappa shape index (κ2) is 8.58. The average Bonchev–Trinajstić information content (AvgIpc) is 2.59. The van der Waals surface area contributed by atoms with Gasteiger partial charge in [0.25, 0.3) is 0 Å². The van der Waals surface area contributed by atoms with Gasteiger partial charge in [-0.1, -0.05) is 6.07 Å². The van der Waals surface area contributed by atoms with Gasteiger partial charge >= 0.3 is 12.3 Å². The van der Waals surface area contributed by atoms with Crippen LogP contribution >= 0.6 is 0 Å². The number of benzene rings is 1. The fourth-order valence-corrected chi connectivity index (χ4v) is 3.51. The second-order valence-corrected chi connectivity index (χ2v) is 7.44. The Morgan fingerprint density at radius 2 is 1.90 bits per heavy atom. The van der Waals surface area contributed by atoms with E-state index in [1.807, 2.05) is 0 Å². The van der Waals surface area contributed by atoms with Gasteiger partial charge in [0.1, 0.15) is 6.04 Å². The van der Waals surface area contributed by atoms with Crippen molar-refractivity contribution in [1.29, 1.82) is 0 Å². The lowest BCUT2D eigenvalue weighted by Crippen LogP contribution is -2.52. The summed E-state index contributed by atoms with van der Waals surface area (Å²) in [6.07, 6.45) is -5.65. The van der Waals surface area contributed by atoms with Crippen LogP contribution in [0.1, 0.15) is 39.2 Å². The third kappa shape index (κ3) is 4.81. The summed E-state index contributed by atoms with van der Waals surface area (Å²) in [5, 5.41) is 0.